The standard InChI is InChI=1S/C21H20N2O6/c1-13(24)14-3-7-16(8-4-14)22-20(27)21(12-19(25)26)11-18(23-29-21)15-5-9-17(28-2)10-6-15/h3-10H,11-12H2,1-2H3,(H,22,27)(H,25,26)/p-1/t21-/m0/s1. The number of hydrogen-bond acceptors (Lipinski definition) is 7. The van der Waals surface area contributed by atoms with Crippen molar-refractivity contribution >= 4 is 29.1 Å². The first kappa shape index (κ1) is 20.1. The van der Waals surface area contributed by atoms with Gasteiger partial charge < -0.3 is 24.8 Å². The molecule has 8 nitrogen and oxygen atoms in total. The summed E-state index contributed by atoms with van der Waals surface area (Å²) in [4.78, 5) is 40.9. The van der Waals surface area contributed by atoms with Gasteiger partial charge in [0, 0.05) is 30.1 Å². The molecule has 0 aliphatic carbocycles. The molecule has 2 aromatic carbocycles. The average Bonchev–Trinajstić information content (AvgIpc) is 3.13. The lowest BCUT2D eigenvalue weighted by molar-refractivity contribution is -0.309. The van der Waals surface area contributed by atoms with E-state index in [1.54, 1.807) is 55.6 Å². The van der Waals surface area contributed by atoms with Gasteiger partial charge in [-0.2, -0.15) is 0 Å². The molecule has 0 saturated carbocycles. The van der Waals surface area contributed by atoms with Crippen LogP contribution in [-0.4, -0.2) is 36.1 Å². The summed E-state index contributed by atoms with van der Waals surface area (Å²) < 4.78 is 5.11. The van der Waals surface area contributed by atoms with E-state index in [0.29, 0.717) is 28.3 Å². The van der Waals surface area contributed by atoms with Crippen LogP contribution < -0.4 is 15.2 Å². The van der Waals surface area contributed by atoms with Crippen LogP contribution in [0.15, 0.2) is 53.7 Å². The van der Waals surface area contributed by atoms with Crippen LogP contribution in [0.25, 0.3) is 0 Å². The zero-order chi connectivity index (χ0) is 21.0. The number of methoxy groups -OCH3 is 1. The van der Waals surface area contributed by atoms with E-state index in [0.717, 1.165) is 0 Å². The second-order valence-electron chi connectivity index (χ2n) is 6.67. The van der Waals surface area contributed by atoms with Crippen molar-refractivity contribution in [1.29, 1.82) is 0 Å². The minimum absolute atomic E-state index is 0.0370. The number of ketones is 1. The number of hydrogen-bond donors (Lipinski definition) is 1. The summed E-state index contributed by atoms with van der Waals surface area (Å²) in [5.41, 5.74) is 0.294. The summed E-state index contributed by atoms with van der Waals surface area (Å²) in [6, 6.07) is 13.2. The number of ether oxygens (including phenoxy) is 1. The molecule has 0 aromatic heterocycles. The fourth-order valence-corrected chi connectivity index (χ4v) is 2.98. The Labute approximate surface area is 167 Å². The van der Waals surface area contributed by atoms with Crippen molar-refractivity contribution in [3.8, 4) is 5.75 Å². The Kier molecular flexibility index (Phi) is 5.63. The third-order valence-corrected chi connectivity index (χ3v) is 4.60. The van der Waals surface area contributed by atoms with Gasteiger partial charge in [0.05, 0.1) is 12.8 Å². The number of carbonyl (C=O) groups excluding carboxylic acids is 3. The molecule has 8 heteroatoms. The van der Waals surface area contributed by atoms with Gasteiger partial charge in [-0.1, -0.05) is 5.16 Å². The Balaban J connectivity index is 1.79. The summed E-state index contributed by atoms with van der Waals surface area (Å²) >= 11 is 0. The fourth-order valence-electron chi connectivity index (χ4n) is 2.98. The fraction of sp³-hybridized carbons (Fsp3) is 0.238. The molecule has 1 N–H and O–H groups in total. The SMILES string of the molecule is COc1ccc(C2=NO[C@@](CC(=O)[O-])(C(=O)Nc3ccc(C(C)=O)cc3)C2)cc1. The lowest BCUT2D eigenvalue weighted by Crippen LogP contribution is -2.47. The largest absolute Gasteiger partial charge is 0.550 e. The summed E-state index contributed by atoms with van der Waals surface area (Å²) in [5.74, 6) is -1.54. The number of nitrogens with zero attached hydrogens (tertiary/aromatic N) is 1. The zero-order valence-corrected chi connectivity index (χ0v) is 15.9. The number of carbonyl (C=O) groups is 3. The third kappa shape index (κ3) is 4.43. The van der Waals surface area contributed by atoms with Gasteiger partial charge in [0.15, 0.2) is 5.78 Å². The molecule has 1 atom stereocenters. The van der Waals surface area contributed by atoms with Crippen molar-refractivity contribution in [1.82, 2.24) is 0 Å². The average molecular weight is 395 g/mol. The van der Waals surface area contributed by atoms with Crippen molar-refractivity contribution in [2.75, 3.05) is 12.4 Å². The van der Waals surface area contributed by atoms with E-state index < -0.39 is 23.9 Å². The zero-order valence-electron chi connectivity index (χ0n) is 15.9. The molecule has 1 aliphatic heterocycles. The first-order valence-electron chi connectivity index (χ1n) is 8.85. The molecule has 3 rings (SSSR count). The monoisotopic (exact) mass is 395 g/mol. The van der Waals surface area contributed by atoms with Gasteiger partial charge in [0.25, 0.3) is 5.91 Å². The molecule has 0 spiro atoms. The lowest BCUT2D eigenvalue weighted by atomic mass is 9.90. The number of aliphatic carboxylic acids is 1. The molecule has 29 heavy (non-hydrogen) atoms. The van der Waals surface area contributed by atoms with Crippen LogP contribution in [0.3, 0.4) is 0 Å². The normalized spacial score (nSPS) is 17.8. The number of oxime groups is 1. The second kappa shape index (κ2) is 8.14. The van der Waals surface area contributed by atoms with Crippen molar-refractivity contribution in [3.05, 3.63) is 59.7 Å². The van der Waals surface area contributed by atoms with Crippen molar-refractivity contribution in [2.45, 2.75) is 25.4 Å². The Hall–Kier alpha value is -3.68. The maximum Gasteiger partial charge on any atom is 0.272 e. The molecule has 0 radical (unpaired) electrons. The van der Waals surface area contributed by atoms with E-state index in [9.17, 15) is 19.5 Å². The number of Topliss-reactive ketones (excluding diaryl/α,β-unsaturated/α-hetero) is 1. The molecule has 0 unspecified atom stereocenters. The lowest BCUT2D eigenvalue weighted by Gasteiger charge is -2.25. The predicted molar refractivity (Wildman–Crippen MR) is 103 cm³/mol. The van der Waals surface area contributed by atoms with Gasteiger partial charge in [-0.25, -0.2) is 0 Å². The minimum Gasteiger partial charge on any atom is -0.550 e. The number of nitrogens with one attached hydrogen (secondary N) is 1. The molecule has 150 valence electrons. The molecule has 0 bridgehead atoms. The Morgan fingerprint density at radius 2 is 1.79 bits per heavy atom. The number of anilines is 1. The van der Waals surface area contributed by atoms with E-state index in [1.807, 2.05) is 0 Å². The van der Waals surface area contributed by atoms with Crippen molar-refractivity contribution < 1.29 is 29.1 Å². The van der Waals surface area contributed by atoms with Crippen LogP contribution in [0.4, 0.5) is 5.69 Å². The minimum atomic E-state index is -1.73. The van der Waals surface area contributed by atoms with E-state index in [1.165, 1.54) is 6.92 Å². The number of rotatable bonds is 7. The molecule has 1 heterocycles. The van der Waals surface area contributed by atoms with Crippen LogP contribution in [0.1, 0.15) is 35.7 Å². The highest BCUT2D eigenvalue weighted by atomic mass is 16.7. The molecule has 1 amide bonds. The van der Waals surface area contributed by atoms with Crippen LogP contribution in [-0.2, 0) is 14.4 Å². The van der Waals surface area contributed by atoms with E-state index >= 15 is 0 Å². The van der Waals surface area contributed by atoms with E-state index in [-0.39, 0.29) is 12.2 Å². The van der Waals surface area contributed by atoms with Gasteiger partial charge in [-0.15, -0.1) is 0 Å². The topological polar surface area (TPSA) is 117 Å². The summed E-state index contributed by atoms with van der Waals surface area (Å²) in [6.07, 6.45) is -0.696. The van der Waals surface area contributed by atoms with Crippen molar-refractivity contribution in [3.63, 3.8) is 0 Å². The second-order valence-corrected chi connectivity index (χ2v) is 6.67. The predicted octanol–water partition coefficient (Wildman–Crippen LogP) is 1.54. The Morgan fingerprint density at radius 1 is 1.14 bits per heavy atom. The molecular formula is C21H19N2O6-. The van der Waals surface area contributed by atoms with Crippen LogP contribution in [0.2, 0.25) is 0 Å². The quantitative estimate of drug-likeness (QED) is 0.711. The first-order chi connectivity index (χ1) is 13.8. The summed E-state index contributed by atoms with van der Waals surface area (Å²) in [6.45, 7) is 1.44. The number of benzene rings is 2. The number of carboxylic acid groups (broad SMARTS) is 1. The Bertz CT molecular complexity index is 966. The maximum absolute atomic E-state index is 12.9. The third-order valence-electron chi connectivity index (χ3n) is 4.60. The highest BCUT2D eigenvalue weighted by Crippen LogP contribution is 2.32. The molecule has 0 saturated heterocycles. The van der Waals surface area contributed by atoms with Crippen molar-refractivity contribution in [2.24, 2.45) is 5.16 Å². The van der Waals surface area contributed by atoms with Gasteiger partial charge in [-0.05, 0) is 61.0 Å². The number of amides is 1. The maximum atomic E-state index is 12.9. The molecular weight excluding hydrogens is 376 g/mol. The first-order valence-corrected chi connectivity index (χ1v) is 8.85. The summed E-state index contributed by atoms with van der Waals surface area (Å²) in [7, 11) is 1.55. The van der Waals surface area contributed by atoms with Gasteiger partial charge in [-0.3, -0.25) is 9.59 Å². The van der Waals surface area contributed by atoms with E-state index in [2.05, 4.69) is 10.5 Å². The van der Waals surface area contributed by atoms with Gasteiger partial charge in [0.1, 0.15) is 5.75 Å². The highest BCUT2D eigenvalue weighted by molar-refractivity contribution is 6.09. The van der Waals surface area contributed by atoms with Gasteiger partial charge in [0.2, 0.25) is 5.60 Å². The van der Waals surface area contributed by atoms with Gasteiger partial charge >= 0.3 is 0 Å². The molecule has 1 aliphatic rings. The Morgan fingerprint density at radius 3 is 2.34 bits per heavy atom. The van der Waals surface area contributed by atoms with Crippen LogP contribution in [0.5, 0.6) is 5.75 Å². The van der Waals surface area contributed by atoms with E-state index in [4.69, 9.17) is 9.57 Å². The molecule has 2 aromatic rings. The highest BCUT2D eigenvalue weighted by Gasteiger charge is 2.47. The summed E-state index contributed by atoms with van der Waals surface area (Å²) in [5, 5.41) is 17.9. The molecule has 0 fully saturated rings. The smallest absolute Gasteiger partial charge is 0.272 e. The van der Waals surface area contributed by atoms with Crippen LogP contribution in [0, 0.1) is 0 Å². The van der Waals surface area contributed by atoms with Crippen LogP contribution >= 0.6 is 0 Å². The number of carboxylic acids is 1.